The molecule has 2 amide bonds. The summed E-state index contributed by atoms with van der Waals surface area (Å²) in [5, 5.41) is 5.59. The number of anilines is 1. The monoisotopic (exact) mass is 304 g/mol. The van der Waals surface area contributed by atoms with Gasteiger partial charge in [-0.15, -0.1) is 0 Å². The van der Waals surface area contributed by atoms with E-state index < -0.39 is 0 Å². The molecule has 0 bridgehead atoms. The van der Waals surface area contributed by atoms with Gasteiger partial charge in [0.05, 0.1) is 0 Å². The maximum atomic E-state index is 11.8. The van der Waals surface area contributed by atoms with Crippen molar-refractivity contribution in [2.75, 3.05) is 11.9 Å². The zero-order chi connectivity index (χ0) is 16.2. The fourth-order valence-corrected chi connectivity index (χ4v) is 2.14. The number of hydrogen-bond acceptors (Lipinski definition) is 2. The number of rotatable bonds is 10. The molecule has 0 spiro atoms. The highest BCUT2D eigenvalue weighted by Gasteiger charge is 2.06. The molecular formula is C18H28N2O2. The summed E-state index contributed by atoms with van der Waals surface area (Å²) in [6, 6.07) is 7.96. The Morgan fingerprint density at radius 2 is 1.59 bits per heavy atom. The van der Waals surface area contributed by atoms with Gasteiger partial charge in [0.2, 0.25) is 11.8 Å². The Bertz CT molecular complexity index is 455. The smallest absolute Gasteiger partial charge is 0.224 e. The third-order valence-corrected chi connectivity index (χ3v) is 3.46. The molecule has 4 nitrogen and oxygen atoms in total. The van der Waals surface area contributed by atoms with Crippen LogP contribution in [0.5, 0.6) is 0 Å². The van der Waals surface area contributed by atoms with Crippen LogP contribution in [0.3, 0.4) is 0 Å². The Morgan fingerprint density at radius 1 is 0.909 bits per heavy atom. The van der Waals surface area contributed by atoms with Crippen LogP contribution >= 0.6 is 0 Å². The van der Waals surface area contributed by atoms with Crippen LogP contribution in [0.2, 0.25) is 0 Å². The summed E-state index contributed by atoms with van der Waals surface area (Å²) in [5.74, 6) is -0.186. The second-order valence-electron chi connectivity index (χ2n) is 5.55. The van der Waals surface area contributed by atoms with E-state index in [-0.39, 0.29) is 24.7 Å². The van der Waals surface area contributed by atoms with Crippen molar-refractivity contribution in [1.29, 1.82) is 0 Å². The van der Waals surface area contributed by atoms with Crippen LogP contribution in [-0.4, -0.2) is 18.4 Å². The zero-order valence-corrected chi connectivity index (χ0v) is 13.8. The van der Waals surface area contributed by atoms with Crippen molar-refractivity contribution in [3.8, 4) is 0 Å². The van der Waals surface area contributed by atoms with E-state index in [1.54, 1.807) is 0 Å². The van der Waals surface area contributed by atoms with Crippen molar-refractivity contribution >= 4 is 17.5 Å². The number of carbonyl (C=O) groups excluding carboxylic acids is 2. The van der Waals surface area contributed by atoms with E-state index in [0.29, 0.717) is 6.54 Å². The molecular weight excluding hydrogens is 276 g/mol. The van der Waals surface area contributed by atoms with Crippen molar-refractivity contribution in [3.05, 3.63) is 29.8 Å². The van der Waals surface area contributed by atoms with Crippen molar-refractivity contribution in [2.45, 2.75) is 58.8 Å². The molecule has 1 rings (SSSR count). The van der Waals surface area contributed by atoms with E-state index in [9.17, 15) is 9.59 Å². The van der Waals surface area contributed by atoms with Gasteiger partial charge in [-0.2, -0.15) is 0 Å². The highest BCUT2D eigenvalue weighted by molar-refractivity contribution is 5.93. The zero-order valence-electron chi connectivity index (χ0n) is 13.8. The Balaban J connectivity index is 2.30. The molecule has 1 aromatic carbocycles. The van der Waals surface area contributed by atoms with Crippen LogP contribution in [0.25, 0.3) is 0 Å². The summed E-state index contributed by atoms with van der Waals surface area (Å²) >= 11 is 0. The van der Waals surface area contributed by atoms with Crippen molar-refractivity contribution in [1.82, 2.24) is 5.32 Å². The second-order valence-corrected chi connectivity index (χ2v) is 5.55. The third kappa shape index (κ3) is 7.81. The first-order valence-electron chi connectivity index (χ1n) is 8.31. The van der Waals surface area contributed by atoms with E-state index in [1.165, 1.54) is 24.8 Å². The van der Waals surface area contributed by atoms with Crippen molar-refractivity contribution in [2.24, 2.45) is 0 Å². The van der Waals surface area contributed by atoms with Gasteiger partial charge in [0.25, 0.3) is 0 Å². The first-order chi connectivity index (χ1) is 10.7. The summed E-state index contributed by atoms with van der Waals surface area (Å²) in [7, 11) is 0. The minimum absolute atomic E-state index is 0.0664. The van der Waals surface area contributed by atoms with Gasteiger partial charge >= 0.3 is 0 Å². The molecule has 0 aliphatic carbocycles. The van der Waals surface area contributed by atoms with E-state index in [1.807, 2.05) is 19.1 Å². The molecule has 2 N–H and O–H groups in total. The molecule has 4 heteroatoms. The number of carbonyl (C=O) groups is 2. The molecule has 0 heterocycles. The highest BCUT2D eigenvalue weighted by Crippen LogP contribution is 2.12. The standard InChI is InChI=1S/C18H28N2O2/c1-3-5-6-7-15-8-10-16(11-9-15)20-18(22)13-12-17(21)19-14-4-2/h8-11H,3-7,12-14H2,1-2H3,(H,19,21)(H,20,22). The third-order valence-electron chi connectivity index (χ3n) is 3.46. The van der Waals surface area contributed by atoms with Gasteiger partial charge in [-0.3, -0.25) is 9.59 Å². The molecule has 0 aliphatic heterocycles. The SMILES string of the molecule is CCCCCc1ccc(NC(=O)CCC(=O)NCCC)cc1. The topological polar surface area (TPSA) is 58.2 Å². The van der Waals surface area contributed by atoms with Crippen LogP contribution in [-0.2, 0) is 16.0 Å². The van der Waals surface area contributed by atoms with Crippen LogP contribution in [0.1, 0.15) is 57.9 Å². The minimum Gasteiger partial charge on any atom is -0.356 e. The first-order valence-corrected chi connectivity index (χ1v) is 8.31. The van der Waals surface area contributed by atoms with Gasteiger partial charge in [-0.05, 0) is 37.0 Å². The minimum atomic E-state index is -0.120. The maximum absolute atomic E-state index is 11.8. The Hall–Kier alpha value is -1.84. The number of benzene rings is 1. The van der Waals surface area contributed by atoms with E-state index >= 15 is 0 Å². The van der Waals surface area contributed by atoms with Gasteiger partial charge in [-0.25, -0.2) is 0 Å². The van der Waals surface area contributed by atoms with Crippen LogP contribution < -0.4 is 10.6 Å². The fraction of sp³-hybridized carbons (Fsp3) is 0.556. The Labute approximate surface area is 133 Å². The Kier molecular flexibility index (Phi) is 8.96. The summed E-state index contributed by atoms with van der Waals surface area (Å²) in [6.45, 7) is 4.86. The summed E-state index contributed by atoms with van der Waals surface area (Å²) in [6.07, 6.45) is 6.12. The van der Waals surface area contributed by atoms with Crippen LogP contribution in [0.4, 0.5) is 5.69 Å². The molecule has 122 valence electrons. The number of hydrogen-bond donors (Lipinski definition) is 2. The first kappa shape index (κ1) is 18.2. The molecule has 0 saturated heterocycles. The van der Waals surface area contributed by atoms with Crippen molar-refractivity contribution < 1.29 is 9.59 Å². The van der Waals surface area contributed by atoms with Gasteiger partial charge < -0.3 is 10.6 Å². The number of aryl methyl sites for hydroxylation is 1. The molecule has 0 aromatic heterocycles. The van der Waals surface area contributed by atoms with E-state index in [4.69, 9.17) is 0 Å². The lowest BCUT2D eigenvalue weighted by Gasteiger charge is -2.07. The number of amides is 2. The summed E-state index contributed by atoms with van der Waals surface area (Å²) in [5.41, 5.74) is 2.09. The Morgan fingerprint density at radius 3 is 2.23 bits per heavy atom. The predicted molar refractivity (Wildman–Crippen MR) is 90.8 cm³/mol. The average Bonchev–Trinajstić information content (AvgIpc) is 2.53. The largest absolute Gasteiger partial charge is 0.356 e. The molecule has 22 heavy (non-hydrogen) atoms. The molecule has 0 aliphatic rings. The number of nitrogens with one attached hydrogen (secondary N) is 2. The van der Waals surface area contributed by atoms with Crippen LogP contribution in [0, 0.1) is 0 Å². The molecule has 1 aromatic rings. The van der Waals surface area contributed by atoms with Crippen molar-refractivity contribution in [3.63, 3.8) is 0 Å². The quantitative estimate of drug-likeness (QED) is 0.648. The number of unbranched alkanes of at least 4 members (excludes halogenated alkanes) is 2. The van der Waals surface area contributed by atoms with Gasteiger partial charge in [0.15, 0.2) is 0 Å². The fourth-order valence-electron chi connectivity index (χ4n) is 2.14. The van der Waals surface area contributed by atoms with E-state index in [2.05, 4.69) is 29.7 Å². The lowest BCUT2D eigenvalue weighted by molar-refractivity contribution is -0.124. The average molecular weight is 304 g/mol. The van der Waals surface area contributed by atoms with E-state index in [0.717, 1.165) is 18.5 Å². The lowest BCUT2D eigenvalue weighted by Crippen LogP contribution is -2.25. The molecule has 0 saturated carbocycles. The summed E-state index contributed by atoms with van der Waals surface area (Å²) in [4.78, 5) is 23.2. The lowest BCUT2D eigenvalue weighted by atomic mass is 10.1. The molecule has 0 unspecified atom stereocenters. The molecule has 0 fully saturated rings. The summed E-state index contributed by atoms with van der Waals surface area (Å²) < 4.78 is 0. The highest BCUT2D eigenvalue weighted by atomic mass is 16.2. The van der Waals surface area contributed by atoms with Gasteiger partial charge in [0.1, 0.15) is 0 Å². The molecule has 0 radical (unpaired) electrons. The van der Waals surface area contributed by atoms with Gasteiger partial charge in [-0.1, -0.05) is 38.8 Å². The second kappa shape index (κ2) is 10.8. The van der Waals surface area contributed by atoms with Crippen LogP contribution in [0.15, 0.2) is 24.3 Å². The normalized spacial score (nSPS) is 10.3. The maximum Gasteiger partial charge on any atom is 0.224 e. The molecule has 0 atom stereocenters. The van der Waals surface area contributed by atoms with Gasteiger partial charge in [0, 0.05) is 25.1 Å². The predicted octanol–water partition coefficient (Wildman–Crippen LogP) is 3.66.